The Labute approximate surface area is 330 Å². The van der Waals surface area contributed by atoms with Crippen molar-refractivity contribution in [3.8, 4) is 67.5 Å². The van der Waals surface area contributed by atoms with Crippen LogP contribution in [0.2, 0.25) is 0 Å². The zero-order valence-electron chi connectivity index (χ0n) is 30.9. The fourth-order valence-corrected chi connectivity index (χ4v) is 9.86. The Hall–Kier alpha value is -7.49. The van der Waals surface area contributed by atoms with Crippen LogP contribution in [0.4, 0.5) is 0 Å². The van der Waals surface area contributed by atoms with E-state index < -0.39 is 5.41 Å². The standard InChI is InChI=1S/C54H33N3/c1-3-17-34(18-4-1)36-21-15-22-37(33-36)52-55-51(35-19-5-2-6-20-35)56-53(57-52)44-29-16-32-47-48(44)42-27-11-13-30-45(42)54(47)46-31-14-12-28-43(46)49-40-25-9-7-23-38(40)39-24-8-10-26-41(39)50(49)54/h1-33H. The lowest BCUT2D eigenvalue weighted by Crippen LogP contribution is -2.26. The minimum atomic E-state index is -0.556. The van der Waals surface area contributed by atoms with Gasteiger partial charge in [-0.3, -0.25) is 0 Å². The molecule has 3 heteroatoms. The summed E-state index contributed by atoms with van der Waals surface area (Å²) in [5.41, 5.74) is 14.8. The zero-order chi connectivity index (χ0) is 37.5. The molecule has 1 unspecified atom stereocenters. The first-order chi connectivity index (χ1) is 28.3. The van der Waals surface area contributed by atoms with Crippen LogP contribution in [0.1, 0.15) is 22.3 Å². The molecule has 3 nitrogen and oxygen atoms in total. The molecule has 0 fully saturated rings. The van der Waals surface area contributed by atoms with E-state index in [0.29, 0.717) is 17.5 Å². The van der Waals surface area contributed by atoms with Crippen LogP contribution >= 0.6 is 0 Å². The van der Waals surface area contributed by atoms with Gasteiger partial charge in [-0.15, -0.1) is 0 Å². The summed E-state index contributed by atoms with van der Waals surface area (Å²) >= 11 is 0. The molecule has 0 saturated heterocycles. The minimum Gasteiger partial charge on any atom is -0.208 e. The molecule has 0 amide bonds. The first-order valence-electron chi connectivity index (χ1n) is 19.5. The van der Waals surface area contributed by atoms with Gasteiger partial charge in [-0.05, 0) is 83.2 Å². The molecular weight excluding hydrogens is 691 g/mol. The summed E-state index contributed by atoms with van der Waals surface area (Å²) in [6.45, 7) is 0. The van der Waals surface area contributed by atoms with E-state index in [-0.39, 0.29) is 0 Å². The Morgan fingerprint density at radius 2 is 0.737 bits per heavy atom. The zero-order valence-corrected chi connectivity index (χ0v) is 30.9. The average Bonchev–Trinajstić information content (AvgIpc) is 3.78. The highest BCUT2D eigenvalue weighted by Crippen LogP contribution is 2.66. The summed E-state index contributed by atoms with van der Waals surface area (Å²) in [6, 6.07) is 72.0. The molecule has 9 aromatic carbocycles. The van der Waals surface area contributed by atoms with E-state index in [1.165, 1.54) is 66.1 Å². The van der Waals surface area contributed by atoms with E-state index in [9.17, 15) is 0 Å². The van der Waals surface area contributed by atoms with Crippen molar-refractivity contribution < 1.29 is 0 Å². The summed E-state index contributed by atoms with van der Waals surface area (Å²) in [5, 5.41) is 5.11. The maximum Gasteiger partial charge on any atom is 0.164 e. The van der Waals surface area contributed by atoms with Crippen LogP contribution in [0.25, 0.3) is 89.1 Å². The second kappa shape index (κ2) is 12.3. The van der Waals surface area contributed by atoms with E-state index >= 15 is 0 Å². The molecule has 12 rings (SSSR count). The van der Waals surface area contributed by atoms with Gasteiger partial charge in [0.05, 0.1) is 5.41 Å². The van der Waals surface area contributed by atoms with Crippen molar-refractivity contribution >= 4 is 21.5 Å². The molecule has 0 N–H and O–H groups in total. The lowest BCUT2D eigenvalue weighted by molar-refractivity contribution is 0.802. The third-order valence-electron chi connectivity index (χ3n) is 12.1. The molecule has 0 radical (unpaired) electrons. The Balaban J connectivity index is 1.17. The molecule has 1 heterocycles. The molecule has 2 aliphatic carbocycles. The van der Waals surface area contributed by atoms with Crippen LogP contribution in [0, 0.1) is 0 Å². The Bertz CT molecular complexity index is 3240. The molecule has 57 heavy (non-hydrogen) atoms. The molecule has 10 aromatic rings. The molecule has 0 aliphatic heterocycles. The fourth-order valence-electron chi connectivity index (χ4n) is 9.86. The predicted octanol–water partition coefficient (Wildman–Crippen LogP) is 13.2. The fraction of sp³-hybridized carbons (Fsp3) is 0.0185. The van der Waals surface area contributed by atoms with Gasteiger partial charge in [0.1, 0.15) is 0 Å². The smallest absolute Gasteiger partial charge is 0.164 e. The topological polar surface area (TPSA) is 38.7 Å². The number of aromatic nitrogens is 3. The van der Waals surface area contributed by atoms with E-state index in [4.69, 9.17) is 15.0 Å². The quantitative estimate of drug-likeness (QED) is 0.170. The second-order valence-electron chi connectivity index (χ2n) is 15.0. The van der Waals surface area contributed by atoms with Crippen molar-refractivity contribution in [2.24, 2.45) is 0 Å². The molecule has 0 saturated carbocycles. The molecule has 264 valence electrons. The van der Waals surface area contributed by atoms with Crippen molar-refractivity contribution in [3.63, 3.8) is 0 Å². The summed E-state index contributed by atoms with van der Waals surface area (Å²) in [7, 11) is 0. The Kier molecular flexibility index (Phi) is 6.84. The third-order valence-corrected chi connectivity index (χ3v) is 12.1. The van der Waals surface area contributed by atoms with Gasteiger partial charge < -0.3 is 0 Å². The van der Waals surface area contributed by atoms with Crippen LogP contribution in [-0.4, -0.2) is 15.0 Å². The summed E-state index contributed by atoms with van der Waals surface area (Å²) < 4.78 is 0. The maximum atomic E-state index is 5.36. The SMILES string of the molecule is c1ccc(-c2cccc(-c3nc(-c4ccccc4)nc(-c4cccc5c4-c4ccccc4C54c5ccccc5-c5c4c4ccccc4c4ccccc54)n3)c2)cc1. The van der Waals surface area contributed by atoms with Crippen LogP contribution in [-0.2, 0) is 5.41 Å². The molecule has 1 spiro atoms. The Morgan fingerprint density at radius 3 is 1.46 bits per heavy atom. The number of rotatable bonds is 4. The number of hydrogen-bond acceptors (Lipinski definition) is 3. The molecule has 0 bridgehead atoms. The van der Waals surface area contributed by atoms with Gasteiger partial charge in [0, 0.05) is 16.7 Å². The van der Waals surface area contributed by atoms with Gasteiger partial charge in [-0.25, -0.2) is 15.0 Å². The van der Waals surface area contributed by atoms with Crippen molar-refractivity contribution in [2.75, 3.05) is 0 Å². The van der Waals surface area contributed by atoms with Crippen molar-refractivity contribution in [3.05, 3.63) is 222 Å². The molecule has 1 aromatic heterocycles. The van der Waals surface area contributed by atoms with Gasteiger partial charge in [0.2, 0.25) is 0 Å². The normalized spacial score (nSPS) is 14.7. The van der Waals surface area contributed by atoms with Crippen LogP contribution in [0.5, 0.6) is 0 Å². The van der Waals surface area contributed by atoms with Gasteiger partial charge in [0.25, 0.3) is 0 Å². The lowest BCUT2D eigenvalue weighted by atomic mass is 9.69. The first kappa shape index (κ1) is 31.8. The number of hydrogen-bond donors (Lipinski definition) is 0. The Morgan fingerprint density at radius 1 is 0.281 bits per heavy atom. The highest BCUT2D eigenvalue weighted by atomic mass is 15.0. The first-order valence-corrected chi connectivity index (χ1v) is 19.5. The van der Waals surface area contributed by atoms with Gasteiger partial charge in [0.15, 0.2) is 17.5 Å². The van der Waals surface area contributed by atoms with Gasteiger partial charge in [-0.1, -0.05) is 194 Å². The molecule has 2 aliphatic rings. The monoisotopic (exact) mass is 723 g/mol. The van der Waals surface area contributed by atoms with Gasteiger partial charge >= 0.3 is 0 Å². The highest BCUT2D eigenvalue weighted by Gasteiger charge is 2.53. The maximum absolute atomic E-state index is 5.36. The number of fused-ring (bicyclic) bond motifs is 15. The van der Waals surface area contributed by atoms with E-state index in [1.54, 1.807) is 0 Å². The average molecular weight is 724 g/mol. The van der Waals surface area contributed by atoms with Gasteiger partial charge in [-0.2, -0.15) is 0 Å². The van der Waals surface area contributed by atoms with Crippen LogP contribution in [0.3, 0.4) is 0 Å². The summed E-state index contributed by atoms with van der Waals surface area (Å²) in [6.07, 6.45) is 0. The van der Waals surface area contributed by atoms with E-state index in [0.717, 1.165) is 27.8 Å². The van der Waals surface area contributed by atoms with Crippen molar-refractivity contribution in [2.45, 2.75) is 5.41 Å². The molecule has 1 atom stereocenters. The van der Waals surface area contributed by atoms with Crippen LogP contribution in [0.15, 0.2) is 200 Å². The van der Waals surface area contributed by atoms with Crippen molar-refractivity contribution in [1.82, 2.24) is 15.0 Å². The molecular formula is C54H33N3. The number of nitrogens with zero attached hydrogens (tertiary/aromatic N) is 3. The predicted molar refractivity (Wildman–Crippen MR) is 233 cm³/mol. The number of benzene rings is 9. The van der Waals surface area contributed by atoms with E-state index in [2.05, 4.69) is 176 Å². The summed E-state index contributed by atoms with van der Waals surface area (Å²) in [5.74, 6) is 1.94. The second-order valence-corrected chi connectivity index (χ2v) is 15.0. The minimum absolute atomic E-state index is 0.556. The lowest BCUT2D eigenvalue weighted by Gasteiger charge is -2.32. The van der Waals surface area contributed by atoms with Crippen LogP contribution < -0.4 is 0 Å². The summed E-state index contributed by atoms with van der Waals surface area (Å²) in [4.78, 5) is 15.8. The highest BCUT2D eigenvalue weighted by molar-refractivity contribution is 6.20. The van der Waals surface area contributed by atoms with Crippen molar-refractivity contribution in [1.29, 1.82) is 0 Å². The van der Waals surface area contributed by atoms with E-state index in [1.807, 2.05) is 24.3 Å². The largest absolute Gasteiger partial charge is 0.208 e. The third kappa shape index (κ3) is 4.51.